The number of para-hydroxylation sites is 3. The van der Waals surface area contributed by atoms with Crippen molar-refractivity contribution < 1.29 is 14.5 Å². The Labute approximate surface area is 197 Å². The van der Waals surface area contributed by atoms with E-state index in [1.807, 2.05) is 62.4 Å². The van der Waals surface area contributed by atoms with Crippen LogP contribution in [0, 0.1) is 10.1 Å². The zero-order valence-corrected chi connectivity index (χ0v) is 19.5. The lowest BCUT2D eigenvalue weighted by Gasteiger charge is -2.51. The van der Waals surface area contributed by atoms with E-state index in [1.165, 1.54) is 12.1 Å². The lowest BCUT2D eigenvalue weighted by atomic mass is 9.65. The van der Waals surface area contributed by atoms with Crippen molar-refractivity contribution in [2.24, 2.45) is 0 Å². The Hall–Kier alpha value is -3.38. The molecular weight excluding hydrogens is 440 g/mol. The Balaban J connectivity index is 1.69. The standard InChI is InChI=1S/C26H25ClN2O4/c1-25(2)17-26(3,18-12-14-19(27)15-13-18)20-8-4-5-9-21(20)28(25)24(30)16-33-23-11-7-6-10-22(23)29(31)32/h4-15H,16-17H2,1-3H3/t26-/m0/s1. The summed E-state index contributed by atoms with van der Waals surface area (Å²) in [5.41, 5.74) is 1.93. The average Bonchev–Trinajstić information content (AvgIpc) is 2.77. The molecule has 1 atom stereocenters. The Morgan fingerprint density at radius 3 is 2.36 bits per heavy atom. The number of carbonyl (C=O) groups is 1. The van der Waals surface area contributed by atoms with E-state index in [-0.39, 0.29) is 29.4 Å². The van der Waals surface area contributed by atoms with Gasteiger partial charge in [0.2, 0.25) is 0 Å². The highest BCUT2D eigenvalue weighted by Crippen LogP contribution is 2.50. The number of hydrogen-bond acceptors (Lipinski definition) is 4. The molecule has 0 saturated heterocycles. The second kappa shape index (κ2) is 8.52. The minimum Gasteiger partial charge on any atom is -0.477 e. The molecule has 1 heterocycles. The van der Waals surface area contributed by atoms with Gasteiger partial charge in [-0.2, -0.15) is 0 Å². The van der Waals surface area contributed by atoms with E-state index in [1.54, 1.807) is 17.0 Å². The predicted octanol–water partition coefficient (Wildman–Crippen LogP) is 6.15. The first kappa shape index (κ1) is 22.8. The van der Waals surface area contributed by atoms with Crippen molar-refractivity contribution >= 4 is 28.9 Å². The third-order valence-electron chi connectivity index (χ3n) is 6.27. The van der Waals surface area contributed by atoms with Gasteiger partial charge in [0.15, 0.2) is 12.4 Å². The number of ether oxygens (including phenoxy) is 1. The van der Waals surface area contributed by atoms with Crippen molar-refractivity contribution in [1.29, 1.82) is 0 Å². The van der Waals surface area contributed by atoms with Gasteiger partial charge in [0.1, 0.15) is 0 Å². The third kappa shape index (κ3) is 4.18. The van der Waals surface area contributed by atoms with Crippen molar-refractivity contribution in [2.45, 2.75) is 38.1 Å². The number of nitrogens with zero attached hydrogens (tertiary/aromatic N) is 2. The monoisotopic (exact) mass is 464 g/mol. The van der Waals surface area contributed by atoms with Crippen molar-refractivity contribution in [3.05, 3.63) is 99.1 Å². The van der Waals surface area contributed by atoms with Crippen LogP contribution in [0.2, 0.25) is 5.02 Å². The molecule has 1 aliphatic heterocycles. The molecule has 3 aromatic carbocycles. The number of halogens is 1. The van der Waals surface area contributed by atoms with Crippen molar-refractivity contribution in [1.82, 2.24) is 0 Å². The summed E-state index contributed by atoms with van der Waals surface area (Å²) in [7, 11) is 0. The van der Waals surface area contributed by atoms with Crippen LogP contribution in [0.5, 0.6) is 5.75 Å². The lowest BCUT2D eigenvalue weighted by Crippen LogP contribution is -2.57. The molecule has 0 saturated carbocycles. The van der Waals surface area contributed by atoms with Crippen molar-refractivity contribution in [3.8, 4) is 5.75 Å². The molecule has 6 nitrogen and oxygen atoms in total. The largest absolute Gasteiger partial charge is 0.477 e. The van der Waals surface area contributed by atoms with Gasteiger partial charge in [0.25, 0.3) is 5.91 Å². The molecule has 0 spiro atoms. The van der Waals surface area contributed by atoms with E-state index >= 15 is 0 Å². The summed E-state index contributed by atoms with van der Waals surface area (Å²) < 4.78 is 5.62. The number of amides is 1. The van der Waals surface area contributed by atoms with E-state index in [9.17, 15) is 14.9 Å². The maximum atomic E-state index is 13.4. The molecular formula is C26H25ClN2O4. The van der Waals surface area contributed by atoms with Crippen LogP contribution in [0.1, 0.15) is 38.3 Å². The summed E-state index contributed by atoms with van der Waals surface area (Å²) in [6.45, 7) is 5.93. The molecule has 170 valence electrons. The number of benzene rings is 3. The zero-order valence-electron chi connectivity index (χ0n) is 18.7. The summed E-state index contributed by atoms with van der Waals surface area (Å²) in [6.07, 6.45) is 0.676. The lowest BCUT2D eigenvalue weighted by molar-refractivity contribution is -0.385. The number of hydrogen-bond donors (Lipinski definition) is 0. The molecule has 0 bridgehead atoms. The van der Waals surface area contributed by atoms with Crippen LogP contribution >= 0.6 is 11.6 Å². The van der Waals surface area contributed by atoms with E-state index in [0.717, 1.165) is 16.8 Å². The molecule has 3 aromatic rings. The van der Waals surface area contributed by atoms with Gasteiger partial charge in [-0.3, -0.25) is 14.9 Å². The summed E-state index contributed by atoms with van der Waals surface area (Å²) in [5.74, 6) is -0.186. The van der Waals surface area contributed by atoms with Crippen molar-refractivity contribution in [3.63, 3.8) is 0 Å². The van der Waals surface area contributed by atoms with Crippen LogP contribution in [-0.2, 0) is 10.2 Å². The van der Waals surface area contributed by atoms with Gasteiger partial charge in [-0.15, -0.1) is 0 Å². The normalized spacial score (nSPS) is 19.0. The minimum absolute atomic E-state index is 0.0740. The van der Waals surface area contributed by atoms with Gasteiger partial charge in [0, 0.05) is 27.7 Å². The number of anilines is 1. The highest BCUT2D eigenvalue weighted by atomic mass is 35.5. The number of rotatable bonds is 5. The van der Waals surface area contributed by atoms with Crippen LogP contribution in [0.25, 0.3) is 0 Å². The Kier molecular flexibility index (Phi) is 5.89. The SMILES string of the molecule is CC1(C)C[C@@](C)(c2ccc(Cl)cc2)c2ccccc2N1C(=O)COc1ccccc1[N+](=O)[O-]. The van der Waals surface area contributed by atoms with Crippen molar-refractivity contribution in [2.75, 3.05) is 11.5 Å². The van der Waals surface area contributed by atoms with Gasteiger partial charge < -0.3 is 9.64 Å². The van der Waals surface area contributed by atoms with Gasteiger partial charge in [-0.25, -0.2) is 0 Å². The summed E-state index contributed by atoms with van der Waals surface area (Å²) in [5, 5.41) is 12.0. The molecule has 1 aliphatic rings. The fourth-order valence-electron chi connectivity index (χ4n) is 4.98. The number of nitro groups is 1. The summed E-state index contributed by atoms with van der Waals surface area (Å²) in [4.78, 5) is 26.0. The Bertz CT molecular complexity index is 1210. The van der Waals surface area contributed by atoms with Gasteiger partial charge in [0.05, 0.1) is 4.92 Å². The van der Waals surface area contributed by atoms with E-state index < -0.39 is 10.5 Å². The maximum Gasteiger partial charge on any atom is 0.310 e. The van der Waals surface area contributed by atoms with Crippen LogP contribution in [0.3, 0.4) is 0 Å². The molecule has 4 rings (SSSR count). The van der Waals surface area contributed by atoms with Crippen LogP contribution in [0.4, 0.5) is 11.4 Å². The second-order valence-electron chi connectivity index (χ2n) is 9.09. The van der Waals surface area contributed by atoms with Gasteiger partial charge in [-0.05, 0) is 55.7 Å². The molecule has 0 unspecified atom stereocenters. The Morgan fingerprint density at radius 1 is 1.03 bits per heavy atom. The fraction of sp³-hybridized carbons (Fsp3) is 0.269. The highest BCUT2D eigenvalue weighted by molar-refractivity contribution is 6.30. The second-order valence-corrected chi connectivity index (χ2v) is 9.52. The maximum absolute atomic E-state index is 13.4. The van der Waals surface area contributed by atoms with E-state index in [0.29, 0.717) is 11.4 Å². The van der Waals surface area contributed by atoms with Gasteiger partial charge >= 0.3 is 5.69 Å². The number of fused-ring (bicyclic) bond motifs is 1. The van der Waals surface area contributed by atoms with Crippen LogP contribution in [-0.4, -0.2) is 23.0 Å². The van der Waals surface area contributed by atoms with Crippen LogP contribution in [0.15, 0.2) is 72.8 Å². The molecule has 0 aromatic heterocycles. The first-order valence-electron chi connectivity index (χ1n) is 10.7. The van der Waals surface area contributed by atoms with Gasteiger partial charge in [-0.1, -0.05) is 61.0 Å². The first-order chi connectivity index (χ1) is 15.6. The van der Waals surface area contributed by atoms with E-state index in [4.69, 9.17) is 16.3 Å². The zero-order chi connectivity index (χ0) is 23.8. The average molecular weight is 465 g/mol. The molecule has 0 radical (unpaired) electrons. The molecule has 0 aliphatic carbocycles. The first-order valence-corrected chi connectivity index (χ1v) is 11.1. The fourth-order valence-corrected chi connectivity index (χ4v) is 5.11. The predicted molar refractivity (Wildman–Crippen MR) is 129 cm³/mol. The molecule has 1 amide bonds. The number of nitro benzene ring substituents is 1. The quantitative estimate of drug-likeness (QED) is 0.335. The number of carbonyl (C=O) groups excluding carboxylic acids is 1. The third-order valence-corrected chi connectivity index (χ3v) is 6.53. The summed E-state index contributed by atoms with van der Waals surface area (Å²) >= 11 is 6.12. The summed E-state index contributed by atoms with van der Waals surface area (Å²) in [6, 6.07) is 21.8. The molecule has 7 heteroatoms. The molecule has 0 fully saturated rings. The smallest absolute Gasteiger partial charge is 0.310 e. The molecule has 33 heavy (non-hydrogen) atoms. The topological polar surface area (TPSA) is 72.7 Å². The van der Waals surface area contributed by atoms with Crippen LogP contribution < -0.4 is 9.64 Å². The van der Waals surface area contributed by atoms with E-state index in [2.05, 4.69) is 6.92 Å². The molecule has 0 N–H and O–H groups in total. The minimum atomic E-state index is -0.536. The Morgan fingerprint density at radius 2 is 1.67 bits per heavy atom. The highest BCUT2D eigenvalue weighted by Gasteiger charge is 2.47.